The third kappa shape index (κ3) is 15.5. The van der Waals surface area contributed by atoms with Gasteiger partial charge >= 0.3 is 20.1 Å². The minimum absolute atomic E-state index is 0. The summed E-state index contributed by atoms with van der Waals surface area (Å²) in [5.74, 6) is 1.65. The summed E-state index contributed by atoms with van der Waals surface area (Å²) >= 11 is 4.14. The van der Waals surface area contributed by atoms with Crippen LogP contribution < -0.4 is 0 Å². The Balaban J connectivity index is 0.00000949. The SMILES string of the molecule is CC(C)(C)c1ccnc(-c2[c-]cc(-c3ccccc3-c3cc(-c4ccccc4-c4c[c-]c(-c5ccc(-c6nc(-c7cccc(-c8ccccc8)c7)nc(-c7cccc(-c8ccccc8)c7)n6)cn5)cc4Br)cc(-c4ccccc4-c4c[c-]c(-c5cc(C(C)(C)C)ccn5)cc4-c4ccccc4)c3)c(-c3ccccc3)c2)c1.[Ir+3]. The molecule has 4 aromatic heterocycles. The van der Waals surface area contributed by atoms with E-state index in [0.29, 0.717) is 17.5 Å². The van der Waals surface area contributed by atoms with Crippen molar-refractivity contribution >= 4 is 15.9 Å². The molecule has 112 heavy (non-hydrogen) atoms. The average molecular weight is 1680 g/mol. The van der Waals surface area contributed by atoms with Gasteiger partial charge in [0.25, 0.3) is 0 Å². The quantitative estimate of drug-likeness (QED) is 0.0897. The molecule has 8 heteroatoms. The summed E-state index contributed by atoms with van der Waals surface area (Å²) in [6.45, 7) is 13.4. The van der Waals surface area contributed by atoms with Crippen LogP contribution in [0.5, 0.6) is 0 Å². The van der Waals surface area contributed by atoms with Crippen molar-refractivity contribution in [2.24, 2.45) is 0 Å². The number of pyridine rings is 3. The Morgan fingerprint density at radius 3 is 0.955 bits per heavy atom. The van der Waals surface area contributed by atoms with E-state index < -0.39 is 0 Å². The van der Waals surface area contributed by atoms with Gasteiger partial charge in [-0.3, -0.25) is 0 Å². The smallest absolute Gasteiger partial charge is 0.305 e. The van der Waals surface area contributed by atoms with Crippen LogP contribution in [0, 0.1) is 18.2 Å². The fourth-order valence-electron chi connectivity index (χ4n) is 14.7. The summed E-state index contributed by atoms with van der Waals surface area (Å²) in [7, 11) is 0. The maximum Gasteiger partial charge on any atom is 3.00 e. The average Bonchev–Trinajstić information content (AvgIpc) is 0.760. The summed E-state index contributed by atoms with van der Waals surface area (Å²) in [5.41, 5.74) is 31.4. The molecule has 0 spiro atoms. The van der Waals surface area contributed by atoms with Crippen LogP contribution in [0.15, 0.2) is 357 Å². The zero-order chi connectivity index (χ0) is 75.6. The molecule has 0 radical (unpaired) electrons. The van der Waals surface area contributed by atoms with Crippen molar-refractivity contribution in [3.8, 4) is 179 Å². The van der Waals surface area contributed by atoms with Crippen molar-refractivity contribution in [2.45, 2.75) is 52.4 Å². The van der Waals surface area contributed by atoms with Crippen molar-refractivity contribution in [3.05, 3.63) is 386 Å². The summed E-state index contributed by atoms with van der Waals surface area (Å²) in [6, 6.07) is 129. The molecule has 0 aliphatic heterocycles. The van der Waals surface area contributed by atoms with E-state index in [2.05, 4.69) is 385 Å². The van der Waals surface area contributed by atoms with E-state index in [-0.39, 0.29) is 30.9 Å². The predicted molar refractivity (Wildman–Crippen MR) is 462 cm³/mol. The van der Waals surface area contributed by atoms with Crippen molar-refractivity contribution < 1.29 is 20.1 Å². The zero-order valence-electron chi connectivity index (χ0n) is 62.9. The fourth-order valence-corrected chi connectivity index (χ4v) is 15.3. The number of aromatic nitrogens is 6. The summed E-state index contributed by atoms with van der Waals surface area (Å²) < 4.78 is 0.894. The molecule has 0 fully saturated rings. The van der Waals surface area contributed by atoms with E-state index in [1.807, 2.05) is 42.9 Å². The molecule has 6 nitrogen and oxygen atoms in total. The number of hydrogen-bond acceptors (Lipinski definition) is 6. The molecule has 0 saturated heterocycles. The van der Waals surface area contributed by atoms with Gasteiger partial charge in [0.05, 0.1) is 0 Å². The first kappa shape index (κ1) is 73.6. The Labute approximate surface area is 678 Å². The maximum atomic E-state index is 5.18. The third-order valence-corrected chi connectivity index (χ3v) is 21.3. The molecule has 17 aromatic rings. The fraction of sp³-hybridized carbons (Fsp3) is 0.0769. The molecule has 538 valence electrons. The van der Waals surface area contributed by atoms with Gasteiger partial charge in [-0.2, -0.15) is 0 Å². The van der Waals surface area contributed by atoms with Crippen molar-refractivity contribution in [1.82, 2.24) is 29.9 Å². The first-order chi connectivity index (χ1) is 54.2. The second-order valence-corrected chi connectivity index (χ2v) is 31.0. The molecule has 0 unspecified atom stereocenters. The summed E-state index contributed by atoms with van der Waals surface area (Å²) in [5, 5.41) is 0. The number of rotatable bonds is 16. The topological polar surface area (TPSA) is 77.3 Å². The Morgan fingerprint density at radius 1 is 0.241 bits per heavy atom. The van der Waals surface area contributed by atoms with E-state index >= 15 is 0 Å². The molecule has 0 saturated carbocycles. The largest absolute Gasteiger partial charge is 3.00 e. The molecule has 0 aliphatic rings. The van der Waals surface area contributed by atoms with Crippen LogP contribution >= 0.6 is 15.9 Å². The molecule has 17 rings (SSSR count). The number of nitrogens with zero attached hydrogens (tertiary/aromatic N) is 6. The van der Waals surface area contributed by atoms with Gasteiger partial charge in [0, 0.05) is 35.3 Å². The van der Waals surface area contributed by atoms with Crippen LogP contribution in [-0.4, -0.2) is 29.9 Å². The van der Waals surface area contributed by atoms with Gasteiger partial charge in [-0.1, -0.05) is 361 Å². The standard InChI is InChI=1S/C104H76BrN6.Ir/c1-103(2,3)83-53-55-106-98(65-83)74-45-49-91(94(62-74)70-31-15-9-16-32-70)88-42-22-19-39-85(88)80-59-81(86-40-20-23-43-89(86)92-50-46-75(63-95(92)71-33-17-10-18-34-71)99-66-84(54-56-107-99)104(4,5)6)61-82(60-80)87-41-21-24-44-90(87)93-51-47-76(64-96(93)105)97-52-48-79(67-108-97)102-110-100(77-37-25-35-72(57-77)68-27-11-7-12-28-68)109-101(111-102)78-38-26-36-73(58-78)69-29-13-8-14-30-69;/h7-44,48-67H,1-6H3;/q-3;+3. The molecule has 0 bridgehead atoms. The first-order valence-corrected chi connectivity index (χ1v) is 38.3. The zero-order valence-corrected chi connectivity index (χ0v) is 66.9. The third-order valence-electron chi connectivity index (χ3n) is 20.7. The molecule has 0 atom stereocenters. The van der Waals surface area contributed by atoms with E-state index in [1.54, 1.807) is 0 Å². The van der Waals surface area contributed by atoms with Crippen molar-refractivity contribution in [3.63, 3.8) is 0 Å². The van der Waals surface area contributed by atoms with Gasteiger partial charge in [-0.05, 0) is 148 Å². The molecule has 0 aliphatic carbocycles. The second kappa shape index (κ2) is 31.8. The Hall–Kier alpha value is -12.6. The molecule has 0 N–H and O–H groups in total. The van der Waals surface area contributed by atoms with E-state index in [1.165, 1.54) is 11.1 Å². The minimum atomic E-state index is -0.0579. The monoisotopic (exact) mass is 1680 g/mol. The Kier molecular flexibility index (Phi) is 20.9. The van der Waals surface area contributed by atoms with Crippen molar-refractivity contribution in [2.75, 3.05) is 0 Å². The minimum Gasteiger partial charge on any atom is -0.305 e. The Morgan fingerprint density at radius 2 is 0.571 bits per heavy atom. The second-order valence-electron chi connectivity index (χ2n) is 30.1. The molecule has 13 aromatic carbocycles. The predicted octanol–water partition coefficient (Wildman–Crippen LogP) is 27.5. The summed E-state index contributed by atoms with van der Waals surface area (Å²) in [4.78, 5) is 30.5. The summed E-state index contributed by atoms with van der Waals surface area (Å²) in [6.07, 6.45) is 5.70. The molecule has 0 amide bonds. The van der Waals surface area contributed by atoms with Crippen molar-refractivity contribution in [1.29, 1.82) is 0 Å². The van der Waals surface area contributed by atoms with Gasteiger partial charge in [0.15, 0.2) is 17.5 Å². The van der Waals surface area contributed by atoms with Crippen LogP contribution in [0.3, 0.4) is 0 Å². The van der Waals surface area contributed by atoms with E-state index in [4.69, 9.17) is 29.9 Å². The van der Waals surface area contributed by atoms with Crippen LogP contribution in [0.2, 0.25) is 0 Å². The molecule has 4 heterocycles. The van der Waals surface area contributed by atoms with Crippen LogP contribution in [0.4, 0.5) is 0 Å². The molecular formula is C104H76BrIrN6. The normalized spacial score (nSPS) is 11.5. The van der Waals surface area contributed by atoms with Gasteiger partial charge in [-0.15, -0.1) is 71.3 Å². The van der Waals surface area contributed by atoms with Crippen LogP contribution in [0.1, 0.15) is 52.7 Å². The van der Waals surface area contributed by atoms with Crippen LogP contribution in [0.25, 0.3) is 179 Å². The van der Waals surface area contributed by atoms with Gasteiger partial charge in [0.1, 0.15) is 0 Å². The molecular weight excluding hydrogens is 1610 g/mol. The van der Waals surface area contributed by atoms with E-state index in [9.17, 15) is 0 Å². The Bertz CT molecular complexity index is 5980. The maximum absolute atomic E-state index is 5.18. The number of halogens is 1. The number of hydrogen-bond donors (Lipinski definition) is 0. The number of benzene rings is 13. The van der Waals surface area contributed by atoms with Gasteiger partial charge in [-0.25, -0.2) is 15.0 Å². The first-order valence-electron chi connectivity index (χ1n) is 37.5. The van der Waals surface area contributed by atoms with Gasteiger partial charge in [0.2, 0.25) is 0 Å². The van der Waals surface area contributed by atoms with Crippen LogP contribution in [-0.2, 0) is 30.9 Å². The van der Waals surface area contributed by atoms with E-state index in [0.717, 1.165) is 166 Å². The van der Waals surface area contributed by atoms with Gasteiger partial charge < -0.3 is 15.0 Å².